The van der Waals surface area contributed by atoms with E-state index in [9.17, 15) is 9.59 Å². The number of methoxy groups -OCH3 is 1. The monoisotopic (exact) mass is 359 g/mol. The molecule has 0 saturated carbocycles. The van der Waals surface area contributed by atoms with Crippen LogP contribution in [-0.4, -0.2) is 30.9 Å². The quantitative estimate of drug-likeness (QED) is 0.780. The number of carbonyl (C=O) groups excluding carboxylic acids is 2. The van der Waals surface area contributed by atoms with Gasteiger partial charge in [-0.15, -0.1) is 0 Å². The standard InChI is InChI=1S/C19H18ClNO4/c1-19(2)18(23)21(15-10-13(20)7-8-17(15)25-19)11-16(22)12-5-4-6-14(9-12)24-3/h4-10H,11H2,1-3H3. The molecule has 0 unspecified atom stereocenters. The van der Waals surface area contributed by atoms with Crippen molar-refractivity contribution in [1.29, 1.82) is 0 Å². The summed E-state index contributed by atoms with van der Waals surface area (Å²) in [6, 6.07) is 11.9. The Kier molecular flexibility index (Phi) is 4.43. The molecule has 1 aliphatic rings. The Morgan fingerprint density at radius 1 is 1.24 bits per heavy atom. The van der Waals surface area contributed by atoms with Crippen LogP contribution in [-0.2, 0) is 4.79 Å². The number of Topliss-reactive ketones (excluding diaryl/α,β-unsaturated/α-hetero) is 1. The smallest absolute Gasteiger partial charge is 0.271 e. The number of hydrogen-bond donors (Lipinski definition) is 0. The molecule has 0 radical (unpaired) electrons. The van der Waals surface area contributed by atoms with Crippen LogP contribution in [0.15, 0.2) is 42.5 Å². The van der Waals surface area contributed by atoms with Crippen LogP contribution in [0, 0.1) is 0 Å². The molecule has 2 aromatic carbocycles. The Morgan fingerprint density at radius 3 is 2.72 bits per heavy atom. The molecule has 0 aromatic heterocycles. The second kappa shape index (κ2) is 6.41. The van der Waals surface area contributed by atoms with Crippen molar-refractivity contribution >= 4 is 29.0 Å². The number of ether oxygens (including phenoxy) is 2. The lowest BCUT2D eigenvalue weighted by Gasteiger charge is -2.38. The van der Waals surface area contributed by atoms with E-state index in [1.807, 2.05) is 0 Å². The zero-order valence-electron chi connectivity index (χ0n) is 14.2. The largest absolute Gasteiger partial charge is 0.497 e. The van der Waals surface area contributed by atoms with Gasteiger partial charge in [0.1, 0.15) is 11.5 Å². The van der Waals surface area contributed by atoms with Crippen LogP contribution in [0.1, 0.15) is 24.2 Å². The van der Waals surface area contributed by atoms with Crippen molar-refractivity contribution in [2.75, 3.05) is 18.6 Å². The fourth-order valence-electron chi connectivity index (χ4n) is 2.73. The number of halogens is 1. The molecule has 1 aliphatic heterocycles. The summed E-state index contributed by atoms with van der Waals surface area (Å²) in [4.78, 5) is 26.9. The van der Waals surface area contributed by atoms with Crippen molar-refractivity contribution in [2.24, 2.45) is 0 Å². The fourth-order valence-corrected chi connectivity index (χ4v) is 2.90. The van der Waals surface area contributed by atoms with Crippen molar-refractivity contribution in [3.05, 3.63) is 53.1 Å². The maximum atomic E-state index is 12.8. The van der Waals surface area contributed by atoms with Gasteiger partial charge in [-0.2, -0.15) is 0 Å². The van der Waals surface area contributed by atoms with Crippen molar-refractivity contribution in [3.8, 4) is 11.5 Å². The summed E-state index contributed by atoms with van der Waals surface area (Å²) < 4.78 is 10.9. The first kappa shape index (κ1) is 17.3. The van der Waals surface area contributed by atoms with E-state index < -0.39 is 5.60 Å². The molecule has 25 heavy (non-hydrogen) atoms. The first-order chi connectivity index (χ1) is 11.8. The van der Waals surface area contributed by atoms with Gasteiger partial charge in [-0.3, -0.25) is 14.5 Å². The molecule has 3 rings (SSSR count). The number of nitrogens with zero attached hydrogens (tertiary/aromatic N) is 1. The molecule has 6 heteroatoms. The van der Waals surface area contributed by atoms with E-state index in [0.29, 0.717) is 27.8 Å². The van der Waals surface area contributed by atoms with Crippen LogP contribution in [0.3, 0.4) is 0 Å². The predicted octanol–water partition coefficient (Wildman–Crippen LogP) is 3.74. The second-order valence-corrected chi connectivity index (χ2v) is 6.71. The van der Waals surface area contributed by atoms with E-state index in [0.717, 1.165) is 0 Å². The van der Waals surface area contributed by atoms with Gasteiger partial charge < -0.3 is 9.47 Å². The Balaban J connectivity index is 1.96. The van der Waals surface area contributed by atoms with Crippen molar-refractivity contribution in [2.45, 2.75) is 19.4 Å². The Labute approximate surface area is 151 Å². The van der Waals surface area contributed by atoms with E-state index in [4.69, 9.17) is 21.1 Å². The van der Waals surface area contributed by atoms with Gasteiger partial charge in [-0.25, -0.2) is 0 Å². The molecule has 0 atom stereocenters. The number of amides is 1. The van der Waals surface area contributed by atoms with Crippen molar-refractivity contribution < 1.29 is 19.1 Å². The average molecular weight is 360 g/mol. The molecule has 0 aliphatic carbocycles. The highest BCUT2D eigenvalue weighted by atomic mass is 35.5. The number of anilines is 1. The first-order valence-electron chi connectivity index (χ1n) is 7.79. The van der Waals surface area contributed by atoms with Crippen molar-refractivity contribution in [1.82, 2.24) is 0 Å². The molecule has 130 valence electrons. The molecular weight excluding hydrogens is 342 g/mol. The highest BCUT2D eigenvalue weighted by Crippen LogP contribution is 2.39. The molecule has 0 N–H and O–H groups in total. The topological polar surface area (TPSA) is 55.8 Å². The lowest BCUT2D eigenvalue weighted by Crippen LogP contribution is -2.53. The minimum Gasteiger partial charge on any atom is -0.497 e. The molecule has 0 spiro atoms. The van der Waals surface area contributed by atoms with E-state index >= 15 is 0 Å². The SMILES string of the molecule is COc1cccc(C(=O)CN2C(=O)C(C)(C)Oc3ccc(Cl)cc32)c1. The lowest BCUT2D eigenvalue weighted by atomic mass is 10.0. The van der Waals surface area contributed by atoms with E-state index in [2.05, 4.69) is 0 Å². The lowest BCUT2D eigenvalue weighted by molar-refractivity contribution is -0.132. The summed E-state index contributed by atoms with van der Waals surface area (Å²) in [7, 11) is 1.54. The summed E-state index contributed by atoms with van der Waals surface area (Å²) in [6.07, 6.45) is 0. The number of benzene rings is 2. The van der Waals surface area contributed by atoms with Crippen LogP contribution in [0.4, 0.5) is 5.69 Å². The zero-order chi connectivity index (χ0) is 18.2. The van der Waals surface area contributed by atoms with Crippen LogP contribution in [0.2, 0.25) is 5.02 Å². The summed E-state index contributed by atoms with van der Waals surface area (Å²) in [5.41, 5.74) is -0.0942. The molecule has 1 amide bonds. The summed E-state index contributed by atoms with van der Waals surface area (Å²) in [6.45, 7) is 3.25. The molecular formula is C19H18ClNO4. The summed E-state index contributed by atoms with van der Waals surface area (Å²) >= 11 is 6.06. The van der Waals surface area contributed by atoms with Gasteiger partial charge in [-0.05, 0) is 44.2 Å². The molecule has 5 nitrogen and oxygen atoms in total. The minimum atomic E-state index is -1.06. The highest BCUT2D eigenvalue weighted by molar-refractivity contribution is 6.31. The van der Waals surface area contributed by atoms with Crippen molar-refractivity contribution in [3.63, 3.8) is 0 Å². The number of carbonyl (C=O) groups is 2. The van der Waals surface area contributed by atoms with Gasteiger partial charge in [0, 0.05) is 10.6 Å². The van der Waals surface area contributed by atoms with Crippen LogP contribution in [0.25, 0.3) is 0 Å². The average Bonchev–Trinajstić information content (AvgIpc) is 2.59. The van der Waals surface area contributed by atoms with Gasteiger partial charge >= 0.3 is 0 Å². The zero-order valence-corrected chi connectivity index (χ0v) is 15.0. The maximum absolute atomic E-state index is 12.8. The van der Waals surface area contributed by atoms with Gasteiger partial charge in [0.05, 0.1) is 19.3 Å². The van der Waals surface area contributed by atoms with Gasteiger partial charge in [-0.1, -0.05) is 23.7 Å². The predicted molar refractivity (Wildman–Crippen MR) is 95.8 cm³/mol. The number of hydrogen-bond acceptors (Lipinski definition) is 4. The molecule has 0 saturated heterocycles. The fraction of sp³-hybridized carbons (Fsp3) is 0.263. The second-order valence-electron chi connectivity index (χ2n) is 6.27. The molecule has 2 aromatic rings. The van der Waals surface area contributed by atoms with E-state index in [1.54, 1.807) is 56.3 Å². The van der Waals surface area contributed by atoms with Gasteiger partial charge in [0.2, 0.25) is 0 Å². The first-order valence-corrected chi connectivity index (χ1v) is 8.17. The van der Waals surface area contributed by atoms with Crippen LogP contribution in [0.5, 0.6) is 11.5 Å². The van der Waals surface area contributed by atoms with Crippen LogP contribution < -0.4 is 14.4 Å². The molecule has 0 fully saturated rings. The van der Waals surface area contributed by atoms with E-state index in [-0.39, 0.29) is 18.2 Å². The molecule has 1 heterocycles. The number of rotatable bonds is 4. The van der Waals surface area contributed by atoms with Crippen LogP contribution >= 0.6 is 11.6 Å². The maximum Gasteiger partial charge on any atom is 0.271 e. The molecule has 0 bridgehead atoms. The number of ketones is 1. The van der Waals surface area contributed by atoms with E-state index in [1.165, 1.54) is 12.0 Å². The Morgan fingerprint density at radius 2 is 2.00 bits per heavy atom. The minimum absolute atomic E-state index is 0.105. The normalized spacial score (nSPS) is 15.4. The Hall–Kier alpha value is -2.53. The Bertz CT molecular complexity index is 847. The third-order valence-corrected chi connectivity index (χ3v) is 4.27. The third-order valence-electron chi connectivity index (χ3n) is 4.03. The third kappa shape index (κ3) is 3.33. The van der Waals surface area contributed by atoms with Gasteiger partial charge in [0.15, 0.2) is 11.4 Å². The van der Waals surface area contributed by atoms with Gasteiger partial charge in [0.25, 0.3) is 5.91 Å². The summed E-state index contributed by atoms with van der Waals surface area (Å²) in [5.74, 6) is 0.616. The highest BCUT2D eigenvalue weighted by Gasteiger charge is 2.41. The summed E-state index contributed by atoms with van der Waals surface area (Å²) in [5, 5.41) is 0.466. The number of fused-ring (bicyclic) bond motifs is 1.